The minimum absolute atomic E-state index is 0.0558. The summed E-state index contributed by atoms with van der Waals surface area (Å²) >= 11 is 6.29. The van der Waals surface area contributed by atoms with Gasteiger partial charge in [0, 0.05) is 54.8 Å². The second kappa shape index (κ2) is 11.1. The second-order valence-corrected chi connectivity index (χ2v) is 13.2. The monoisotopic (exact) mass is 570 g/mol. The summed E-state index contributed by atoms with van der Waals surface area (Å²) in [5, 5.41) is 3.84. The molecule has 2 saturated heterocycles. The van der Waals surface area contributed by atoms with Gasteiger partial charge in [0.25, 0.3) is 5.91 Å². The molecule has 41 heavy (non-hydrogen) atoms. The number of halogens is 1. The van der Waals surface area contributed by atoms with Crippen LogP contribution in [0.25, 0.3) is 0 Å². The van der Waals surface area contributed by atoms with Crippen LogP contribution in [0.15, 0.2) is 67.0 Å². The van der Waals surface area contributed by atoms with Gasteiger partial charge in [0.15, 0.2) is 0 Å². The van der Waals surface area contributed by atoms with Crippen molar-refractivity contribution in [1.82, 2.24) is 15.2 Å². The molecule has 6 nitrogen and oxygen atoms in total. The van der Waals surface area contributed by atoms with Gasteiger partial charge in [-0.05, 0) is 90.0 Å². The van der Waals surface area contributed by atoms with Gasteiger partial charge in [-0.3, -0.25) is 14.6 Å². The zero-order valence-corrected chi connectivity index (χ0v) is 24.8. The van der Waals surface area contributed by atoms with E-state index in [2.05, 4.69) is 47.2 Å². The number of rotatable bonds is 5. The van der Waals surface area contributed by atoms with Crippen LogP contribution in [0.2, 0.25) is 5.02 Å². The van der Waals surface area contributed by atoms with Crippen LogP contribution >= 0.6 is 11.6 Å². The summed E-state index contributed by atoms with van der Waals surface area (Å²) in [6.45, 7) is 8.13. The third kappa shape index (κ3) is 5.72. The number of anilines is 1. The Kier molecular flexibility index (Phi) is 7.54. The number of nitrogens with zero attached hydrogens (tertiary/aromatic N) is 3. The van der Waals surface area contributed by atoms with Crippen LogP contribution < -0.4 is 10.2 Å². The Balaban J connectivity index is 1.10. The maximum atomic E-state index is 13.7. The molecule has 3 heterocycles. The largest absolute Gasteiger partial charge is 0.371 e. The molecule has 214 valence electrons. The molecule has 1 aromatic heterocycles. The molecule has 2 aliphatic heterocycles. The molecule has 0 bridgehead atoms. The number of piperidine rings is 2. The molecule has 3 aliphatic rings. The molecule has 2 aromatic carbocycles. The van der Waals surface area contributed by atoms with E-state index in [0.29, 0.717) is 10.4 Å². The highest BCUT2D eigenvalue weighted by Crippen LogP contribution is 2.46. The Morgan fingerprint density at radius 2 is 1.63 bits per heavy atom. The van der Waals surface area contributed by atoms with Crippen LogP contribution in [0.4, 0.5) is 5.69 Å². The van der Waals surface area contributed by atoms with Crippen molar-refractivity contribution in [3.63, 3.8) is 0 Å². The minimum Gasteiger partial charge on any atom is -0.371 e. The van der Waals surface area contributed by atoms with Gasteiger partial charge in [-0.1, -0.05) is 49.7 Å². The zero-order chi connectivity index (χ0) is 28.6. The lowest BCUT2D eigenvalue weighted by atomic mass is 9.71. The summed E-state index contributed by atoms with van der Waals surface area (Å²) in [4.78, 5) is 35.3. The second-order valence-electron chi connectivity index (χ2n) is 12.8. The third-order valence-electron chi connectivity index (χ3n) is 9.72. The summed E-state index contributed by atoms with van der Waals surface area (Å²) in [6.07, 6.45) is 9.21. The molecule has 1 atom stereocenters. The van der Waals surface area contributed by atoms with E-state index in [1.165, 1.54) is 24.1 Å². The number of amides is 2. The lowest BCUT2D eigenvalue weighted by Crippen LogP contribution is -2.48. The topological polar surface area (TPSA) is 65.5 Å². The maximum absolute atomic E-state index is 13.7. The normalized spacial score (nSPS) is 21.0. The number of aromatic nitrogens is 1. The average molecular weight is 571 g/mol. The van der Waals surface area contributed by atoms with Gasteiger partial charge in [0.1, 0.15) is 0 Å². The molecule has 2 amide bonds. The van der Waals surface area contributed by atoms with Crippen molar-refractivity contribution in [1.29, 1.82) is 0 Å². The number of likely N-dealkylation sites (tertiary alicyclic amines) is 1. The van der Waals surface area contributed by atoms with E-state index in [4.69, 9.17) is 11.6 Å². The smallest absolute Gasteiger partial charge is 0.253 e. The fourth-order valence-electron chi connectivity index (χ4n) is 7.18. The van der Waals surface area contributed by atoms with Crippen LogP contribution in [0.3, 0.4) is 0 Å². The molecule has 6 rings (SSSR count). The number of hydrogen-bond donors (Lipinski definition) is 1. The minimum atomic E-state index is -0.127. The van der Waals surface area contributed by atoms with Crippen LogP contribution in [-0.4, -0.2) is 47.9 Å². The first-order valence-electron chi connectivity index (χ1n) is 14.8. The molecule has 1 N–H and O–H groups in total. The molecule has 1 aliphatic carbocycles. The van der Waals surface area contributed by atoms with Crippen molar-refractivity contribution < 1.29 is 9.59 Å². The highest BCUT2D eigenvalue weighted by molar-refractivity contribution is 6.31. The van der Waals surface area contributed by atoms with E-state index in [9.17, 15) is 9.59 Å². The highest BCUT2D eigenvalue weighted by atomic mass is 35.5. The Morgan fingerprint density at radius 3 is 2.34 bits per heavy atom. The predicted octanol–water partition coefficient (Wildman–Crippen LogP) is 6.34. The summed E-state index contributed by atoms with van der Waals surface area (Å²) < 4.78 is 0. The SMILES string of the molecule is CC1(C)CC(NC(=O)Cc2ccccc2Cl)c2cc(C(=O)N3CCC4(CC3)CCN(c3ccncc3)CC4)ccc21. The number of carbonyl (C=O) groups excluding carboxylic acids is 2. The van der Waals surface area contributed by atoms with Crippen molar-refractivity contribution in [3.8, 4) is 0 Å². The lowest BCUT2D eigenvalue weighted by Gasteiger charge is -2.47. The summed E-state index contributed by atoms with van der Waals surface area (Å²) in [5.41, 5.74) is 5.30. The van der Waals surface area contributed by atoms with E-state index < -0.39 is 0 Å². The van der Waals surface area contributed by atoms with Crippen molar-refractivity contribution >= 4 is 29.1 Å². The number of benzene rings is 2. The van der Waals surface area contributed by atoms with Crippen LogP contribution in [-0.2, 0) is 16.6 Å². The fraction of sp³-hybridized carbons (Fsp3) is 0.441. The number of fused-ring (bicyclic) bond motifs is 1. The van der Waals surface area contributed by atoms with Crippen LogP contribution in [0, 0.1) is 5.41 Å². The third-order valence-corrected chi connectivity index (χ3v) is 10.1. The summed E-state index contributed by atoms with van der Waals surface area (Å²) in [7, 11) is 0. The summed E-state index contributed by atoms with van der Waals surface area (Å²) in [5.74, 6) is 0.0440. The molecule has 2 fully saturated rings. The van der Waals surface area contributed by atoms with Crippen LogP contribution in [0.1, 0.15) is 79.0 Å². The van der Waals surface area contributed by atoms with E-state index in [0.717, 1.165) is 62.1 Å². The number of carbonyl (C=O) groups is 2. The van der Waals surface area contributed by atoms with Crippen LogP contribution in [0.5, 0.6) is 0 Å². The van der Waals surface area contributed by atoms with E-state index in [1.54, 1.807) is 0 Å². The molecule has 1 spiro atoms. The standard InChI is InChI=1S/C34H39ClN4O2/c1-33(2)23-30(37-31(40)22-24-5-3-4-6-29(24)35)27-21-25(7-8-28(27)33)32(41)39-19-13-34(14-20-39)11-17-38(18-12-34)26-9-15-36-16-10-26/h3-10,15-16,21,30H,11-14,17-20,22-23H2,1-2H3,(H,37,40). The Bertz CT molecular complexity index is 1420. The Hall–Kier alpha value is -3.38. The molecular formula is C34H39ClN4O2. The fourth-order valence-corrected chi connectivity index (χ4v) is 7.38. The maximum Gasteiger partial charge on any atom is 0.253 e. The lowest BCUT2D eigenvalue weighted by molar-refractivity contribution is -0.121. The number of pyridine rings is 1. The molecule has 0 radical (unpaired) electrons. The van der Waals surface area contributed by atoms with Gasteiger partial charge in [-0.25, -0.2) is 0 Å². The molecule has 3 aromatic rings. The van der Waals surface area contributed by atoms with Gasteiger partial charge in [0.2, 0.25) is 5.91 Å². The van der Waals surface area contributed by atoms with Crippen molar-refractivity contribution in [2.75, 3.05) is 31.1 Å². The van der Waals surface area contributed by atoms with Crippen molar-refractivity contribution in [3.05, 3.63) is 94.3 Å². The number of nitrogens with one attached hydrogen (secondary N) is 1. The molecular weight excluding hydrogens is 532 g/mol. The van der Waals surface area contributed by atoms with E-state index >= 15 is 0 Å². The average Bonchev–Trinajstić information content (AvgIpc) is 3.23. The molecule has 1 unspecified atom stereocenters. The molecule has 7 heteroatoms. The quantitative estimate of drug-likeness (QED) is 0.389. The zero-order valence-electron chi connectivity index (χ0n) is 24.0. The first-order chi connectivity index (χ1) is 19.7. The van der Waals surface area contributed by atoms with Gasteiger partial charge in [-0.2, -0.15) is 0 Å². The number of hydrogen-bond acceptors (Lipinski definition) is 4. The van der Waals surface area contributed by atoms with E-state index in [1.807, 2.05) is 53.7 Å². The van der Waals surface area contributed by atoms with Gasteiger partial charge in [0.05, 0.1) is 12.5 Å². The van der Waals surface area contributed by atoms with Gasteiger partial charge >= 0.3 is 0 Å². The van der Waals surface area contributed by atoms with Gasteiger partial charge < -0.3 is 15.1 Å². The first kappa shape index (κ1) is 27.8. The van der Waals surface area contributed by atoms with Gasteiger partial charge in [-0.15, -0.1) is 0 Å². The Morgan fingerprint density at radius 1 is 0.951 bits per heavy atom. The first-order valence-corrected chi connectivity index (χ1v) is 15.2. The van der Waals surface area contributed by atoms with Crippen molar-refractivity contribution in [2.24, 2.45) is 5.41 Å². The van der Waals surface area contributed by atoms with E-state index in [-0.39, 0.29) is 29.7 Å². The highest BCUT2D eigenvalue weighted by Gasteiger charge is 2.40. The molecule has 0 saturated carbocycles. The summed E-state index contributed by atoms with van der Waals surface area (Å²) in [6, 6.07) is 17.6. The Labute approximate surface area is 248 Å². The predicted molar refractivity (Wildman–Crippen MR) is 163 cm³/mol. The van der Waals surface area contributed by atoms with Crippen molar-refractivity contribution in [2.45, 2.75) is 63.8 Å².